The lowest BCUT2D eigenvalue weighted by Gasteiger charge is -2.29. The summed E-state index contributed by atoms with van der Waals surface area (Å²) < 4.78 is 0. The molecule has 4 nitrogen and oxygen atoms in total. The number of aliphatic hydroxyl groups excluding tert-OH is 1. The number of nitrogens with two attached hydrogens (primary N) is 1. The maximum absolute atomic E-state index is 11.9. The predicted octanol–water partition coefficient (Wildman–Crippen LogP) is 1.48. The Labute approximate surface area is 108 Å². The third kappa shape index (κ3) is 4.37. The van der Waals surface area contributed by atoms with Crippen molar-refractivity contribution < 1.29 is 9.90 Å². The minimum absolute atomic E-state index is 0.0300. The Hall–Kier alpha value is -1.55. The molecule has 0 aliphatic heterocycles. The van der Waals surface area contributed by atoms with Gasteiger partial charge in [0.05, 0.1) is 6.42 Å². The van der Waals surface area contributed by atoms with Crippen molar-refractivity contribution >= 4 is 11.6 Å². The summed E-state index contributed by atoms with van der Waals surface area (Å²) in [6.07, 6.45) is 1.69. The van der Waals surface area contributed by atoms with Crippen molar-refractivity contribution in [1.82, 2.24) is 5.32 Å². The summed E-state index contributed by atoms with van der Waals surface area (Å²) in [5.74, 6) is -0.0300. The third-order valence-corrected chi connectivity index (χ3v) is 3.23. The van der Waals surface area contributed by atoms with E-state index in [1.807, 2.05) is 26.0 Å². The van der Waals surface area contributed by atoms with E-state index in [1.165, 1.54) is 0 Å². The molecule has 0 bridgehead atoms. The number of nitrogen functional groups attached to an aromatic ring is 1. The zero-order chi connectivity index (χ0) is 13.6. The zero-order valence-corrected chi connectivity index (χ0v) is 11.1. The molecule has 1 aromatic rings. The number of anilines is 1. The number of rotatable bonds is 6. The number of benzene rings is 1. The van der Waals surface area contributed by atoms with Crippen LogP contribution in [0.4, 0.5) is 5.69 Å². The first-order chi connectivity index (χ1) is 8.49. The SMILES string of the molecule is CCC(C)(CCO)NC(=O)Cc1ccc(N)cc1. The minimum Gasteiger partial charge on any atom is -0.399 e. The Bertz CT molecular complexity index is 389. The molecule has 1 rings (SSSR count). The van der Waals surface area contributed by atoms with Crippen LogP contribution in [-0.4, -0.2) is 23.2 Å². The molecule has 0 radical (unpaired) electrons. The number of aliphatic hydroxyl groups is 1. The van der Waals surface area contributed by atoms with E-state index in [0.29, 0.717) is 18.5 Å². The standard InChI is InChI=1S/C14H22N2O2/c1-3-14(2,8-9-17)16-13(18)10-11-4-6-12(15)7-5-11/h4-7,17H,3,8-10,15H2,1-2H3,(H,16,18). The van der Waals surface area contributed by atoms with E-state index in [4.69, 9.17) is 10.8 Å². The third-order valence-electron chi connectivity index (χ3n) is 3.23. The molecule has 0 heterocycles. The van der Waals surface area contributed by atoms with Gasteiger partial charge in [-0.3, -0.25) is 4.79 Å². The van der Waals surface area contributed by atoms with Gasteiger partial charge in [0.25, 0.3) is 0 Å². The number of carbonyl (C=O) groups is 1. The Morgan fingerprint density at radius 3 is 2.50 bits per heavy atom. The van der Waals surface area contributed by atoms with Crippen molar-refractivity contribution in [2.24, 2.45) is 0 Å². The van der Waals surface area contributed by atoms with E-state index in [-0.39, 0.29) is 18.1 Å². The molecule has 1 atom stereocenters. The molecular weight excluding hydrogens is 228 g/mol. The molecular formula is C14H22N2O2. The predicted molar refractivity (Wildman–Crippen MR) is 73.1 cm³/mol. The van der Waals surface area contributed by atoms with Gasteiger partial charge in [-0.05, 0) is 37.5 Å². The quantitative estimate of drug-likeness (QED) is 0.669. The van der Waals surface area contributed by atoms with E-state index < -0.39 is 0 Å². The van der Waals surface area contributed by atoms with Crippen LogP contribution in [0.15, 0.2) is 24.3 Å². The van der Waals surface area contributed by atoms with Crippen molar-refractivity contribution in [2.75, 3.05) is 12.3 Å². The summed E-state index contributed by atoms with van der Waals surface area (Å²) in [6, 6.07) is 7.28. The maximum Gasteiger partial charge on any atom is 0.224 e. The van der Waals surface area contributed by atoms with Crippen molar-refractivity contribution in [1.29, 1.82) is 0 Å². The molecule has 0 saturated heterocycles. The van der Waals surface area contributed by atoms with E-state index >= 15 is 0 Å². The van der Waals surface area contributed by atoms with Crippen LogP contribution >= 0.6 is 0 Å². The van der Waals surface area contributed by atoms with Crippen molar-refractivity contribution in [2.45, 2.75) is 38.6 Å². The first-order valence-electron chi connectivity index (χ1n) is 6.25. The van der Waals surface area contributed by atoms with Gasteiger partial charge in [-0.1, -0.05) is 19.1 Å². The van der Waals surface area contributed by atoms with Crippen LogP contribution in [-0.2, 0) is 11.2 Å². The number of carbonyl (C=O) groups excluding carboxylic acids is 1. The fourth-order valence-electron chi connectivity index (χ4n) is 1.78. The lowest BCUT2D eigenvalue weighted by Crippen LogP contribution is -2.46. The molecule has 4 N–H and O–H groups in total. The summed E-state index contributed by atoms with van der Waals surface area (Å²) in [5.41, 5.74) is 6.89. The summed E-state index contributed by atoms with van der Waals surface area (Å²) in [4.78, 5) is 11.9. The fraction of sp³-hybridized carbons (Fsp3) is 0.500. The van der Waals surface area contributed by atoms with Gasteiger partial charge in [0.1, 0.15) is 0 Å². The van der Waals surface area contributed by atoms with Gasteiger partial charge < -0.3 is 16.2 Å². The van der Waals surface area contributed by atoms with Crippen molar-refractivity contribution in [3.8, 4) is 0 Å². The maximum atomic E-state index is 11.9. The van der Waals surface area contributed by atoms with E-state index in [0.717, 1.165) is 12.0 Å². The minimum atomic E-state index is -0.334. The smallest absolute Gasteiger partial charge is 0.224 e. The molecule has 0 spiro atoms. The Balaban J connectivity index is 2.58. The highest BCUT2D eigenvalue weighted by Crippen LogP contribution is 2.14. The molecule has 4 heteroatoms. The van der Waals surface area contributed by atoms with Gasteiger partial charge in [-0.2, -0.15) is 0 Å². The second-order valence-corrected chi connectivity index (χ2v) is 4.85. The highest BCUT2D eigenvalue weighted by Gasteiger charge is 2.23. The number of hydrogen-bond acceptors (Lipinski definition) is 3. The summed E-state index contributed by atoms with van der Waals surface area (Å²) in [7, 11) is 0. The van der Waals surface area contributed by atoms with Crippen LogP contribution < -0.4 is 11.1 Å². The van der Waals surface area contributed by atoms with Crippen molar-refractivity contribution in [3.05, 3.63) is 29.8 Å². The molecule has 0 aliphatic rings. The van der Waals surface area contributed by atoms with Gasteiger partial charge in [-0.15, -0.1) is 0 Å². The van der Waals surface area contributed by atoms with Gasteiger partial charge in [0, 0.05) is 17.8 Å². The molecule has 18 heavy (non-hydrogen) atoms. The van der Waals surface area contributed by atoms with Crippen LogP contribution in [0, 0.1) is 0 Å². The largest absolute Gasteiger partial charge is 0.399 e. The van der Waals surface area contributed by atoms with Gasteiger partial charge in [-0.25, -0.2) is 0 Å². The van der Waals surface area contributed by atoms with E-state index in [1.54, 1.807) is 12.1 Å². The van der Waals surface area contributed by atoms with Crippen LogP contribution in [0.2, 0.25) is 0 Å². The highest BCUT2D eigenvalue weighted by atomic mass is 16.3. The van der Waals surface area contributed by atoms with Crippen LogP contribution in [0.3, 0.4) is 0 Å². The Kier molecular flexibility index (Phi) is 5.16. The topological polar surface area (TPSA) is 75.3 Å². The Morgan fingerprint density at radius 1 is 1.39 bits per heavy atom. The second kappa shape index (κ2) is 6.40. The summed E-state index contributed by atoms with van der Waals surface area (Å²) in [6.45, 7) is 4.02. The molecule has 0 aliphatic carbocycles. The van der Waals surface area contributed by atoms with Gasteiger partial charge in [0.2, 0.25) is 5.91 Å². The lowest BCUT2D eigenvalue weighted by molar-refractivity contribution is -0.122. The number of nitrogens with one attached hydrogen (secondary N) is 1. The van der Waals surface area contributed by atoms with E-state index in [2.05, 4.69) is 5.32 Å². The van der Waals surface area contributed by atoms with Crippen molar-refractivity contribution in [3.63, 3.8) is 0 Å². The first-order valence-corrected chi connectivity index (χ1v) is 6.25. The Morgan fingerprint density at radius 2 is 2.00 bits per heavy atom. The number of hydrogen-bond donors (Lipinski definition) is 3. The fourth-order valence-corrected chi connectivity index (χ4v) is 1.78. The van der Waals surface area contributed by atoms with Gasteiger partial charge >= 0.3 is 0 Å². The summed E-state index contributed by atoms with van der Waals surface area (Å²) >= 11 is 0. The van der Waals surface area contributed by atoms with Gasteiger partial charge in [0.15, 0.2) is 0 Å². The van der Waals surface area contributed by atoms with Crippen LogP contribution in [0.1, 0.15) is 32.3 Å². The normalized spacial score (nSPS) is 13.9. The molecule has 1 amide bonds. The molecule has 1 aromatic carbocycles. The monoisotopic (exact) mass is 250 g/mol. The first kappa shape index (κ1) is 14.5. The molecule has 0 aromatic heterocycles. The van der Waals surface area contributed by atoms with E-state index in [9.17, 15) is 4.79 Å². The number of amides is 1. The second-order valence-electron chi connectivity index (χ2n) is 4.85. The lowest BCUT2D eigenvalue weighted by atomic mass is 9.94. The van der Waals surface area contributed by atoms with Crippen LogP contribution in [0.25, 0.3) is 0 Å². The van der Waals surface area contributed by atoms with Crippen LogP contribution in [0.5, 0.6) is 0 Å². The molecule has 0 saturated carbocycles. The molecule has 0 fully saturated rings. The summed E-state index contributed by atoms with van der Waals surface area (Å²) in [5, 5.41) is 12.0. The highest BCUT2D eigenvalue weighted by molar-refractivity contribution is 5.79. The zero-order valence-electron chi connectivity index (χ0n) is 11.1. The molecule has 1 unspecified atom stereocenters. The average Bonchev–Trinajstić information content (AvgIpc) is 2.32. The average molecular weight is 250 g/mol. The molecule has 100 valence electrons.